The number of hydrogen-bond donors (Lipinski definition) is 2. The van der Waals surface area contributed by atoms with Crippen LogP contribution in [0, 0.1) is 0 Å². The van der Waals surface area contributed by atoms with Crippen molar-refractivity contribution in [3.63, 3.8) is 0 Å². The van der Waals surface area contributed by atoms with Crippen LogP contribution in [0.4, 0.5) is 13.2 Å². The van der Waals surface area contributed by atoms with Crippen molar-refractivity contribution in [2.24, 2.45) is 0 Å². The summed E-state index contributed by atoms with van der Waals surface area (Å²) in [7, 11) is 0. The molecular weight excluding hydrogens is 275 g/mol. The van der Waals surface area contributed by atoms with E-state index in [9.17, 15) is 22.8 Å². The molecule has 1 rings (SSSR count). The summed E-state index contributed by atoms with van der Waals surface area (Å²) in [5.41, 5.74) is 0. The minimum atomic E-state index is -4.35. The molecular formula is C12H20F3N3O2. The van der Waals surface area contributed by atoms with Crippen molar-refractivity contribution < 1.29 is 22.8 Å². The highest BCUT2D eigenvalue weighted by Gasteiger charge is 2.27. The predicted octanol–water partition coefficient (Wildman–Crippen LogP) is 0.655. The number of piperidine rings is 1. The van der Waals surface area contributed by atoms with Crippen LogP contribution < -0.4 is 10.6 Å². The summed E-state index contributed by atoms with van der Waals surface area (Å²) in [6, 6.07) is -0.715. The van der Waals surface area contributed by atoms with E-state index in [2.05, 4.69) is 5.32 Å². The molecule has 5 nitrogen and oxygen atoms in total. The van der Waals surface area contributed by atoms with Crippen LogP contribution in [0.15, 0.2) is 0 Å². The van der Waals surface area contributed by atoms with Gasteiger partial charge in [-0.25, -0.2) is 0 Å². The third kappa shape index (κ3) is 6.23. The number of amides is 2. The molecule has 1 atom stereocenters. The number of carbonyl (C=O) groups excluding carboxylic acids is 2. The Hall–Kier alpha value is -1.31. The first-order valence-corrected chi connectivity index (χ1v) is 6.65. The van der Waals surface area contributed by atoms with E-state index in [1.807, 2.05) is 5.32 Å². The number of carbonyl (C=O) groups is 2. The normalized spacial score (nSPS) is 17.7. The average molecular weight is 295 g/mol. The Morgan fingerprint density at radius 1 is 1.20 bits per heavy atom. The van der Waals surface area contributed by atoms with E-state index >= 15 is 0 Å². The molecule has 0 saturated carbocycles. The molecule has 1 heterocycles. The summed E-state index contributed by atoms with van der Waals surface area (Å²) >= 11 is 0. The van der Waals surface area contributed by atoms with E-state index in [1.165, 1.54) is 0 Å². The van der Waals surface area contributed by atoms with E-state index in [-0.39, 0.29) is 5.91 Å². The SMILES string of the molecule is CC(NC(=O)CNCC(F)(F)F)C(=O)N1CCCCC1. The van der Waals surface area contributed by atoms with E-state index in [4.69, 9.17) is 0 Å². The van der Waals surface area contributed by atoms with Crippen LogP contribution in [0.5, 0.6) is 0 Å². The van der Waals surface area contributed by atoms with Gasteiger partial charge in [-0.2, -0.15) is 13.2 Å². The smallest absolute Gasteiger partial charge is 0.343 e. The highest BCUT2D eigenvalue weighted by Crippen LogP contribution is 2.12. The van der Waals surface area contributed by atoms with Crippen LogP contribution in [0.3, 0.4) is 0 Å². The Morgan fingerprint density at radius 2 is 1.80 bits per heavy atom. The fraction of sp³-hybridized carbons (Fsp3) is 0.833. The molecule has 116 valence electrons. The second-order valence-corrected chi connectivity index (χ2v) is 4.89. The number of alkyl halides is 3. The number of nitrogens with zero attached hydrogens (tertiary/aromatic N) is 1. The topological polar surface area (TPSA) is 61.4 Å². The third-order valence-corrected chi connectivity index (χ3v) is 3.03. The van der Waals surface area contributed by atoms with Crippen molar-refractivity contribution in [1.82, 2.24) is 15.5 Å². The summed E-state index contributed by atoms with van der Waals surface area (Å²) in [5.74, 6) is -0.805. The molecule has 2 amide bonds. The van der Waals surface area contributed by atoms with Gasteiger partial charge in [0.1, 0.15) is 6.04 Å². The minimum absolute atomic E-state index is 0.186. The van der Waals surface area contributed by atoms with Crippen molar-refractivity contribution in [1.29, 1.82) is 0 Å². The lowest BCUT2D eigenvalue weighted by molar-refractivity contribution is -0.137. The lowest BCUT2D eigenvalue weighted by Gasteiger charge is -2.29. The molecule has 20 heavy (non-hydrogen) atoms. The summed E-state index contributed by atoms with van der Waals surface area (Å²) < 4.78 is 35.7. The fourth-order valence-electron chi connectivity index (χ4n) is 2.06. The molecule has 0 aromatic heterocycles. The number of hydrogen-bond acceptors (Lipinski definition) is 3. The van der Waals surface area contributed by atoms with E-state index < -0.39 is 31.2 Å². The molecule has 1 aliphatic rings. The van der Waals surface area contributed by atoms with Gasteiger partial charge in [0, 0.05) is 13.1 Å². The maximum Gasteiger partial charge on any atom is 0.401 e. The Balaban J connectivity index is 2.28. The second-order valence-electron chi connectivity index (χ2n) is 4.89. The first-order valence-electron chi connectivity index (χ1n) is 6.65. The van der Waals surface area contributed by atoms with Crippen molar-refractivity contribution in [2.45, 2.75) is 38.4 Å². The fourth-order valence-corrected chi connectivity index (χ4v) is 2.06. The summed E-state index contributed by atoms with van der Waals surface area (Å²) in [4.78, 5) is 25.1. The van der Waals surface area contributed by atoms with Gasteiger partial charge in [0.05, 0.1) is 13.1 Å². The van der Waals surface area contributed by atoms with Gasteiger partial charge in [-0.15, -0.1) is 0 Å². The van der Waals surface area contributed by atoms with Crippen LogP contribution in [0.25, 0.3) is 0 Å². The monoisotopic (exact) mass is 295 g/mol. The highest BCUT2D eigenvalue weighted by atomic mass is 19.4. The van der Waals surface area contributed by atoms with Crippen molar-refractivity contribution in [3.05, 3.63) is 0 Å². The van der Waals surface area contributed by atoms with E-state index in [0.717, 1.165) is 19.3 Å². The maximum atomic E-state index is 12.0. The van der Waals surface area contributed by atoms with Gasteiger partial charge in [-0.3, -0.25) is 9.59 Å². The molecule has 0 radical (unpaired) electrons. The van der Waals surface area contributed by atoms with E-state index in [0.29, 0.717) is 13.1 Å². The molecule has 1 unspecified atom stereocenters. The molecule has 0 aromatic carbocycles. The number of nitrogens with one attached hydrogen (secondary N) is 2. The van der Waals surface area contributed by atoms with Gasteiger partial charge in [0.25, 0.3) is 0 Å². The first-order chi connectivity index (χ1) is 9.29. The molecule has 1 aliphatic heterocycles. The predicted molar refractivity (Wildman–Crippen MR) is 67.0 cm³/mol. The van der Waals surface area contributed by atoms with Gasteiger partial charge >= 0.3 is 6.18 Å². The molecule has 1 fully saturated rings. The Labute approximate surface area is 115 Å². The van der Waals surface area contributed by atoms with Crippen LogP contribution in [0.2, 0.25) is 0 Å². The maximum absolute atomic E-state index is 12.0. The van der Waals surface area contributed by atoms with Crippen molar-refractivity contribution in [3.8, 4) is 0 Å². The molecule has 8 heteroatoms. The molecule has 0 bridgehead atoms. The van der Waals surface area contributed by atoms with Gasteiger partial charge in [0.15, 0.2) is 0 Å². The van der Waals surface area contributed by atoms with Gasteiger partial charge in [-0.1, -0.05) is 0 Å². The Morgan fingerprint density at radius 3 is 2.35 bits per heavy atom. The highest BCUT2D eigenvalue weighted by molar-refractivity contribution is 5.88. The lowest BCUT2D eigenvalue weighted by Crippen LogP contribution is -2.50. The van der Waals surface area contributed by atoms with Gasteiger partial charge < -0.3 is 15.5 Å². The zero-order valence-electron chi connectivity index (χ0n) is 11.4. The van der Waals surface area contributed by atoms with Crippen molar-refractivity contribution in [2.75, 3.05) is 26.2 Å². The molecule has 0 aliphatic carbocycles. The van der Waals surface area contributed by atoms with Crippen LogP contribution >= 0.6 is 0 Å². The average Bonchev–Trinajstić information content (AvgIpc) is 2.37. The lowest BCUT2D eigenvalue weighted by atomic mass is 10.1. The van der Waals surface area contributed by atoms with Crippen LogP contribution in [-0.2, 0) is 9.59 Å². The number of halogens is 3. The van der Waals surface area contributed by atoms with E-state index in [1.54, 1.807) is 11.8 Å². The largest absolute Gasteiger partial charge is 0.401 e. The first kappa shape index (κ1) is 16.7. The number of likely N-dealkylation sites (tertiary alicyclic amines) is 1. The molecule has 0 aromatic rings. The standard InChI is InChI=1S/C12H20F3N3O2/c1-9(11(20)18-5-3-2-4-6-18)17-10(19)7-16-8-12(13,14)15/h9,16H,2-8H2,1H3,(H,17,19). The second kappa shape index (κ2) is 7.47. The summed E-state index contributed by atoms with van der Waals surface area (Å²) in [6.07, 6.45) is -1.37. The zero-order chi connectivity index (χ0) is 15.2. The minimum Gasteiger partial charge on any atom is -0.343 e. The Bertz CT molecular complexity index is 341. The summed E-state index contributed by atoms with van der Waals surface area (Å²) in [5, 5.41) is 4.39. The summed E-state index contributed by atoms with van der Waals surface area (Å²) in [6.45, 7) is 1.20. The van der Waals surface area contributed by atoms with Crippen LogP contribution in [-0.4, -0.2) is 55.1 Å². The molecule has 2 N–H and O–H groups in total. The van der Waals surface area contributed by atoms with Gasteiger partial charge in [-0.05, 0) is 26.2 Å². The number of rotatable bonds is 5. The van der Waals surface area contributed by atoms with Crippen LogP contribution in [0.1, 0.15) is 26.2 Å². The zero-order valence-corrected chi connectivity index (χ0v) is 11.4. The molecule has 0 spiro atoms. The Kier molecular flexibility index (Phi) is 6.25. The quantitative estimate of drug-likeness (QED) is 0.783. The third-order valence-electron chi connectivity index (χ3n) is 3.03. The molecule has 1 saturated heterocycles. The van der Waals surface area contributed by atoms with Gasteiger partial charge in [0.2, 0.25) is 11.8 Å². The van der Waals surface area contributed by atoms with Crippen molar-refractivity contribution >= 4 is 11.8 Å².